The molecule has 0 spiro atoms. The zero-order chi connectivity index (χ0) is 15.3. The van der Waals surface area contributed by atoms with E-state index in [1.807, 2.05) is 18.2 Å². The number of benzene rings is 1. The van der Waals surface area contributed by atoms with Gasteiger partial charge < -0.3 is 15.2 Å². The summed E-state index contributed by atoms with van der Waals surface area (Å²) < 4.78 is 6.07. The largest absolute Gasteiger partial charge is 0.444 e. The molecule has 0 heterocycles. The van der Waals surface area contributed by atoms with Gasteiger partial charge in [-0.1, -0.05) is 35.0 Å². The van der Waals surface area contributed by atoms with Gasteiger partial charge >= 0.3 is 6.09 Å². The van der Waals surface area contributed by atoms with Crippen LogP contribution < -0.4 is 5.32 Å². The molecule has 0 unspecified atom stereocenters. The van der Waals surface area contributed by atoms with E-state index in [2.05, 4.69) is 28.2 Å². The maximum Gasteiger partial charge on any atom is 0.408 e. The fourth-order valence-electron chi connectivity index (χ4n) is 1.74. The number of alkyl carbamates (subject to hydrolysis) is 1. The summed E-state index contributed by atoms with van der Waals surface area (Å²) in [4.78, 5) is 11.8. The second kappa shape index (κ2) is 7.09. The average Bonchev–Trinajstić information content (AvgIpc) is 2.34. The molecule has 2 N–H and O–H groups in total. The molecule has 1 amide bonds. The van der Waals surface area contributed by atoms with Crippen LogP contribution in [0.2, 0.25) is 0 Å². The summed E-state index contributed by atoms with van der Waals surface area (Å²) >= 11 is 3.48. The number of amides is 1. The number of rotatable bonds is 4. The van der Waals surface area contributed by atoms with Gasteiger partial charge in [0.15, 0.2) is 0 Å². The van der Waals surface area contributed by atoms with Gasteiger partial charge in [-0.05, 0) is 44.4 Å². The van der Waals surface area contributed by atoms with Crippen LogP contribution >= 0.6 is 15.9 Å². The zero-order valence-electron chi connectivity index (χ0n) is 12.4. The van der Waals surface area contributed by atoms with Crippen molar-refractivity contribution in [2.45, 2.75) is 45.8 Å². The van der Waals surface area contributed by atoms with Crippen LogP contribution in [0, 0.1) is 0 Å². The summed E-state index contributed by atoms with van der Waals surface area (Å²) in [5.41, 5.74) is 1.46. The molecular weight excluding hydrogens is 322 g/mol. The average molecular weight is 344 g/mol. The lowest BCUT2D eigenvalue weighted by Crippen LogP contribution is -2.36. The number of aliphatic hydroxyl groups excluding tert-OH is 1. The van der Waals surface area contributed by atoms with Crippen LogP contribution in [0.5, 0.6) is 0 Å². The summed E-state index contributed by atoms with van der Waals surface area (Å²) in [7, 11) is 0. The zero-order valence-corrected chi connectivity index (χ0v) is 14.0. The van der Waals surface area contributed by atoms with Crippen LogP contribution in [0.3, 0.4) is 0 Å². The molecule has 4 nitrogen and oxygen atoms in total. The number of halogens is 1. The van der Waals surface area contributed by atoms with Crippen LogP contribution in [0.25, 0.3) is 0 Å². The maximum atomic E-state index is 11.8. The van der Waals surface area contributed by atoms with Crippen molar-refractivity contribution in [3.63, 3.8) is 0 Å². The van der Waals surface area contributed by atoms with Gasteiger partial charge in [-0.3, -0.25) is 0 Å². The van der Waals surface area contributed by atoms with Gasteiger partial charge in [0.1, 0.15) is 5.60 Å². The van der Waals surface area contributed by atoms with E-state index < -0.39 is 17.7 Å². The highest BCUT2D eigenvalue weighted by Crippen LogP contribution is 2.25. The van der Waals surface area contributed by atoms with E-state index in [9.17, 15) is 9.90 Å². The van der Waals surface area contributed by atoms with E-state index in [4.69, 9.17) is 4.74 Å². The van der Waals surface area contributed by atoms with Crippen LogP contribution in [0.15, 0.2) is 22.7 Å². The first-order chi connectivity index (χ1) is 9.26. The smallest absolute Gasteiger partial charge is 0.408 e. The van der Waals surface area contributed by atoms with Crippen molar-refractivity contribution < 1.29 is 14.6 Å². The molecule has 0 fully saturated rings. The number of hydrogen-bond acceptors (Lipinski definition) is 3. The molecule has 1 aromatic carbocycles. The van der Waals surface area contributed by atoms with E-state index in [-0.39, 0.29) is 6.61 Å². The number of hydrogen-bond donors (Lipinski definition) is 2. The number of carbonyl (C=O) groups excluding carboxylic acids is 1. The molecule has 0 radical (unpaired) electrons. The molecule has 0 aliphatic carbocycles. The predicted octanol–water partition coefficient (Wildman–Crippen LogP) is 3.57. The topological polar surface area (TPSA) is 58.6 Å². The van der Waals surface area contributed by atoms with Crippen molar-refractivity contribution in [1.29, 1.82) is 0 Å². The summed E-state index contributed by atoms with van der Waals surface area (Å²) in [6.45, 7) is 7.28. The molecule has 20 heavy (non-hydrogen) atoms. The number of aryl methyl sites for hydroxylation is 1. The third-order valence-electron chi connectivity index (χ3n) is 2.72. The van der Waals surface area contributed by atoms with Crippen molar-refractivity contribution in [2.75, 3.05) is 6.61 Å². The third kappa shape index (κ3) is 5.13. The second-order valence-corrected chi connectivity index (χ2v) is 6.45. The minimum Gasteiger partial charge on any atom is -0.444 e. The Balaban J connectivity index is 2.83. The van der Waals surface area contributed by atoms with Crippen LogP contribution in [-0.4, -0.2) is 23.4 Å². The fourth-order valence-corrected chi connectivity index (χ4v) is 2.45. The minimum absolute atomic E-state index is 0.191. The van der Waals surface area contributed by atoms with Crippen molar-refractivity contribution >= 4 is 22.0 Å². The van der Waals surface area contributed by atoms with E-state index >= 15 is 0 Å². The number of nitrogens with one attached hydrogen (secondary N) is 1. The van der Waals surface area contributed by atoms with Gasteiger partial charge in [0.25, 0.3) is 0 Å². The second-order valence-electron chi connectivity index (χ2n) is 5.59. The van der Waals surface area contributed by atoms with Gasteiger partial charge in [0.05, 0.1) is 12.6 Å². The van der Waals surface area contributed by atoms with E-state index in [0.29, 0.717) is 0 Å². The van der Waals surface area contributed by atoms with Crippen molar-refractivity contribution in [2.24, 2.45) is 0 Å². The van der Waals surface area contributed by atoms with Gasteiger partial charge in [0, 0.05) is 4.47 Å². The first-order valence-electron chi connectivity index (χ1n) is 6.65. The number of aliphatic hydroxyl groups is 1. The molecule has 112 valence electrons. The normalized spacial score (nSPS) is 12.9. The highest BCUT2D eigenvalue weighted by molar-refractivity contribution is 9.10. The highest BCUT2D eigenvalue weighted by Gasteiger charge is 2.21. The summed E-state index contributed by atoms with van der Waals surface area (Å²) in [5.74, 6) is 0. The Morgan fingerprint density at radius 1 is 1.45 bits per heavy atom. The minimum atomic E-state index is -0.562. The van der Waals surface area contributed by atoms with Crippen molar-refractivity contribution in [3.05, 3.63) is 33.8 Å². The molecule has 0 saturated heterocycles. The van der Waals surface area contributed by atoms with E-state index in [1.165, 1.54) is 5.56 Å². The summed E-state index contributed by atoms with van der Waals surface area (Å²) in [6.07, 6.45) is 0.394. The Bertz CT molecular complexity index is 469. The standard InChI is InChI=1S/C15H22BrNO3/c1-5-10-6-7-11(12(16)8-10)13(9-18)17-14(19)20-15(2,3)4/h6-8,13,18H,5,9H2,1-4H3,(H,17,19)/t13-/m1/s1. The maximum absolute atomic E-state index is 11.8. The molecule has 1 rings (SSSR count). The predicted molar refractivity (Wildman–Crippen MR) is 82.7 cm³/mol. The molecule has 0 aromatic heterocycles. The van der Waals surface area contributed by atoms with Crippen LogP contribution in [0.1, 0.15) is 44.9 Å². The number of carbonyl (C=O) groups is 1. The summed E-state index contributed by atoms with van der Waals surface area (Å²) in [5, 5.41) is 12.2. The van der Waals surface area contributed by atoms with Gasteiger partial charge in [-0.15, -0.1) is 0 Å². The van der Waals surface area contributed by atoms with Crippen LogP contribution in [-0.2, 0) is 11.2 Å². The highest BCUT2D eigenvalue weighted by atomic mass is 79.9. The number of ether oxygens (including phenoxy) is 1. The van der Waals surface area contributed by atoms with Crippen LogP contribution in [0.4, 0.5) is 4.79 Å². The molecular formula is C15H22BrNO3. The first-order valence-corrected chi connectivity index (χ1v) is 7.44. The lowest BCUT2D eigenvalue weighted by molar-refractivity contribution is 0.0481. The molecule has 1 aromatic rings. The SMILES string of the molecule is CCc1ccc([C@@H](CO)NC(=O)OC(C)(C)C)c(Br)c1. The quantitative estimate of drug-likeness (QED) is 0.878. The lowest BCUT2D eigenvalue weighted by Gasteiger charge is -2.23. The Kier molecular flexibility index (Phi) is 6.02. The molecule has 0 saturated carbocycles. The Morgan fingerprint density at radius 3 is 2.55 bits per heavy atom. The fraction of sp³-hybridized carbons (Fsp3) is 0.533. The van der Waals surface area contributed by atoms with Gasteiger partial charge in [-0.25, -0.2) is 4.79 Å². The van der Waals surface area contributed by atoms with Gasteiger partial charge in [0.2, 0.25) is 0 Å². The molecule has 0 aliphatic heterocycles. The molecule has 0 bridgehead atoms. The Hall–Kier alpha value is -1.07. The van der Waals surface area contributed by atoms with Crippen molar-refractivity contribution in [1.82, 2.24) is 5.32 Å². The monoisotopic (exact) mass is 343 g/mol. The molecule has 5 heteroatoms. The first kappa shape index (κ1) is 17.0. The lowest BCUT2D eigenvalue weighted by atomic mass is 10.0. The third-order valence-corrected chi connectivity index (χ3v) is 3.41. The molecule has 1 atom stereocenters. The summed E-state index contributed by atoms with van der Waals surface area (Å²) in [6, 6.07) is 5.39. The van der Waals surface area contributed by atoms with E-state index in [1.54, 1.807) is 20.8 Å². The molecule has 0 aliphatic rings. The Morgan fingerprint density at radius 2 is 2.10 bits per heavy atom. The van der Waals surface area contributed by atoms with E-state index in [0.717, 1.165) is 16.5 Å². The van der Waals surface area contributed by atoms with Crippen molar-refractivity contribution in [3.8, 4) is 0 Å². The Labute approximate surface area is 128 Å². The van der Waals surface area contributed by atoms with Gasteiger partial charge in [-0.2, -0.15) is 0 Å².